The summed E-state index contributed by atoms with van der Waals surface area (Å²) in [5.41, 5.74) is 1.62. The minimum absolute atomic E-state index is 0.0613. The van der Waals surface area contributed by atoms with Gasteiger partial charge in [0, 0.05) is 30.8 Å². The zero-order chi connectivity index (χ0) is 18.4. The number of carbonyl (C=O) groups excluding carboxylic acids is 1. The highest BCUT2D eigenvalue weighted by atomic mass is 16.6. The highest BCUT2D eigenvalue weighted by Crippen LogP contribution is 2.26. The summed E-state index contributed by atoms with van der Waals surface area (Å²) in [6, 6.07) is 14.2. The van der Waals surface area contributed by atoms with Crippen LogP contribution in [0.4, 0.5) is 11.4 Å². The van der Waals surface area contributed by atoms with E-state index in [1.165, 1.54) is 6.07 Å². The number of nitrogens with one attached hydrogen (secondary N) is 3. The van der Waals surface area contributed by atoms with Gasteiger partial charge in [0.05, 0.1) is 4.92 Å². The van der Waals surface area contributed by atoms with E-state index in [0.29, 0.717) is 17.8 Å². The van der Waals surface area contributed by atoms with Gasteiger partial charge in [-0.3, -0.25) is 14.9 Å². The lowest BCUT2D eigenvalue weighted by Gasteiger charge is -2.23. The zero-order valence-electron chi connectivity index (χ0n) is 14.4. The highest BCUT2D eigenvalue weighted by molar-refractivity contribution is 5.96. The molecule has 0 aliphatic carbocycles. The van der Waals surface area contributed by atoms with Crippen LogP contribution in [0.2, 0.25) is 0 Å². The largest absolute Gasteiger partial charge is 0.375 e. The molecule has 2 aromatic carbocycles. The molecule has 0 aromatic heterocycles. The second-order valence-electron chi connectivity index (χ2n) is 6.34. The molecule has 0 spiro atoms. The fourth-order valence-electron chi connectivity index (χ4n) is 3.01. The van der Waals surface area contributed by atoms with Crippen molar-refractivity contribution < 1.29 is 9.72 Å². The zero-order valence-corrected chi connectivity index (χ0v) is 14.4. The molecular formula is C19H22N4O3. The van der Waals surface area contributed by atoms with Gasteiger partial charge in [-0.15, -0.1) is 0 Å². The Labute approximate surface area is 152 Å². The van der Waals surface area contributed by atoms with Crippen molar-refractivity contribution in [3.8, 4) is 0 Å². The Morgan fingerprint density at radius 1 is 1.23 bits per heavy atom. The second-order valence-corrected chi connectivity index (χ2v) is 6.34. The van der Waals surface area contributed by atoms with Crippen molar-refractivity contribution in [1.82, 2.24) is 10.6 Å². The van der Waals surface area contributed by atoms with E-state index < -0.39 is 4.92 Å². The first-order valence-corrected chi connectivity index (χ1v) is 8.71. The Hall–Kier alpha value is -2.93. The van der Waals surface area contributed by atoms with Gasteiger partial charge in [0.25, 0.3) is 11.6 Å². The SMILES string of the molecule is O=C(N[C@H]1CCCNC1)c1ccc(NCc2ccccc2)c([N+](=O)[O-])c1. The average molecular weight is 354 g/mol. The van der Waals surface area contributed by atoms with Crippen molar-refractivity contribution in [1.29, 1.82) is 0 Å². The van der Waals surface area contributed by atoms with Gasteiger partial charge in [0.2, 0.25) is 0 Å². The number of benzene rings is 2. The summed E-state index contributed by atoms with van der Waals surface area (Å²) in [6.45, 7) is 2.16. The van der Waals surface area contributed by atoms with E-state index in [4.69, 9.17) is 0 Å². The molecule has 3 rings (SSSR count). The number of nitro groups is 1. The van der Waals surface area contributed by atoms with Crippen molar-refractivity contribution in [2.24, 2.45) is 0 Å². The molecule has 1 aliphatic rings. The van der Waals surface area contributed by atoms with Crippen molar-refractivity contribution in [2.45, 2.75) is 25.4 Å². The van der Waals surface area contributed by atoms with Gasteiger partial charge in [-0.1, -0.05) is 30.3 Å². The van der Waals surface area contributed by atoms with Crippen LogP contribution in [0.25, 0.3) is 0 Å². The van der Waals surface area contributed by atoms with Crippen LogP contribution in [-0.4, -0.2) is 30.0 Å². The molecule has 26 heavy (non-hydrogen) atoms. The van der Waals surface area contributed by atoms with Crippen LogP contribution in [0.5, 0.6) is 0 Å². The molecule has 1 saturated heterocycles. The Balaban J connectivity index is 1.71. The number of nitro benzene ring substituents is 1. The molecule has 0 radical (unpaired) electrons. The Kier molecular flexibility index (Phi) is 5.80. The molecule has 1 atom stereocenters. The van der Waals surface area contributed by atoms with Crippen molar-refractivity contribution in [2.75, 3.05) is 18.4 Å². The topological polar surface area (TPSA) is 96.3 Å². The molecule has 0 unspecified atom stereocenters. The third-order valence-electron chi connectivity index (χ3n) is 4.41. The molecule has 3 N–H and O–H groups in total. The van der Waals surface area contributed by atoms with Gasteiger partial charge in [0.1, 0.15) is 5.69 Å². The predicted octanol–water partition coefficient (Wildman–Crippen LogP) is 2.69. The summed E-state index contributed by atoms with van der Waals surface area (Å²) in [5, 5.41) is 20.7. The molecule has 136 valence electrons. The van der Waals surface area contributed by atoms with Crippen LogP contribution in [-0.2, 0) is 6.54 Å². The monoisotopic (exact) mass is 354 g/mol. The molecule has 7 nitrogen and oxygen atoms in total. The van der Waals surface area contributed by atoms with Crippen molar-refractivity contribution in [3.63, 3.8) is 0 Å². The quantitative estimate of drug-likeness (QED) is 0.547. The van der Waals surface area contributed by atoms with Crippen LogP contribution in [0.1, 0.15) is 28.8 Å². The van der Waals surface area contributed by atoms with E-state index in [2.05, 4.69) is 16.0 Å². The number of carbonyl (C=O) groups is 1. The third-order valence-corrected chi connectivity index (χ3v) is 4.41. The standard InChI is InChI=1S/C19H22N4O3/c24-19(22-16-7-4-10-20-13-16)15-8-9-17(18(11-15)23(25)26)21-12-14-5-2-1-3-6-14/h1-3,5-6,8-9,11,16,20-21H,4,7,10,12-13H2,(H,22,24)/t16-/m0/s1. The first-order chi connectivity index (χ1) is 12.6. The van der Waals surface area contributed by atoms with Gasteiger partial charge in [0.15, 0.2) is 0 Å². The molecule has 1 amide bonds. The predicted molar refractivity (Wildman–Crippen MR) is 100 cm³/mol. The van der Waals surface area contributed by atoms with Gasteiger partial charge in [-0.25, -0.2) is 0 Å². The minimum atomic E-state index is -0.466. The van der Waals surface area contributed by atoms with Crippen LogP contribution < -0.4 is 16.0 Å². The molecule has 0 saturated carbocycles. The van der Waals surface area contributed by atoms with E-state index in [-0.39, 0.29) is 17.6 Å². The first kappa shape index (κ1) is 17.9. The number of nitrogens with zero attached hydrogens (tertiary/aromatic N) is 1. The lowest BCUT2D eigenvalue weighted by molar-refractivity contribution is -0.384. The number of anilines is 1. The minimum Gasteiger partial charge on any atom is -0.375 e. The van der Waals surface area contributed by atoms with Crippen molar-refractivity contribution in [3.05, 3.63) is 69.8 Å². The lowest BCUT2D eigenvalue weighted by atomic mass is 10.1. The number of hydrogen-bond acceptors (Lipinski definition) is 5. The number of piperidine rings is 1. The summed E-state index contributed by atoms with van der Waals surface area (Å²) in [6.07, 6.45) is 1.92. The van der Waals surface area contributed by atoms with Gasteiger partial charge in [-0.2, -0.15) is 0 Å². The smallest absolute Gasteiger partial charge is 0.293 e. The van der Waals surface area contributed by atoms with E-state index in [1.807, 2.05) is 30.3 Å². The summed E-state index contributed by atoms with van der Waals surface area (Å²) in [7, 11) is 0. The molecule has 0 bridgehead atoms. The summed E-state index contributed by atoms with van der Waals surface area (Å²) >= 11 is 0. The number of rotatable bonds is 6. The van der Waals surface area contributed by atoms with E-state index in [0.717, 1.165) is 31.5 Å². The fourth-order valence-corrected chi connectivity index (χ4v) is 3.01. The van der Waals surface area contributed by atoms with Crippen LogP contribution >= 0.6 is 0 Å². The first-order valence-electron chi connectivity index (χ1n) is 8.71. The average Bonchev–Trinajstić information content (AvgIpc) is 2.67. The van der Waals surface area contributed by atoms with E-state index in [1.54, 1.807) is 12.1 Å². The second kappa shape index (κ2) is 8.44. The van der Waals surface area contributed by atoms with Crippen LogP contribution in [0.15, 0.2) is 48.5 Å². The van der Waals surface area contributed by atoms with E-state index in [9.17, 15) is 14.9 Å². The van der Waals surface area contributed by atoms with Crippen LogP contribution in [0, 0.1) is 10.1 Å². The van der Waals surface area contributed by atoms with Gasteiger partial charge >= 0.3 is 0 Å². The molecule has 7 heteroatoms. The summed E-state index contributed by atoms with van der Waals surface area (Å²) < 4.78 is 0. The third kappa shape index (κ3) is 4.58. The normalized spacial score (nSPS) is 16.7. The number of hydrogen-bond donors (Lipinski definition) is 3. The molecule has 1 heterocycles. The molecule has 2 aromatic rings. The fraction of sp³-hybridized carbons (Fsp3) is 0.316. The summed E-state index contributed by atoms with van der Waals surface area (Å²) in [5.74, 6) is -0.281. The Morgan fingerprint density at radius 3 is 2.73 bits per heavy atom. The van der Waals surface area contributed by atoms with Gasteiger partial charge < -0.3 is 16.0 Å². The number of amides is 1. The maximum absolute atomic E-state index is 12.4. The highest BCUT2D eigenvalue weighted by Gasteiger charge is 2.20. The Bertz CT molecular complexity index is 774. The molecule has 1 aliphatic heterocycles. The molecule has 1 fully saturated rings. The molecular weight excluding hydrogens is 332 g/mol. The lowest BCUT2D eigenvalue weighted by Crippen LogP contribution is -2.45. The van der Waals surface area contributed by atoms with Crippen molar-refractivity contribution >= 4 is 17.3 Å². The maximum Gasteiger partial charge on any atom is 0.293 e. The van der Waals surface area contributed by atoms with Gasteiger partial charge in [-0.05, 0) is 37.1 Å². The van der Waals surface area contributed by atoms with Crippen LogP contribution in [0.3, 0.4) is 0 Å². The van der Waals surface area contributed by atoms with E-state index >= 15 is 0 Å². The summed E-state index contributed by atoms with van der Waals surface area (Å²) in [4.78, 5) is 23.4. The maximum atomic E-state index is 12.4. The Morgan fingerprint density at radius 2 is 2.04 bits per heavy atom.